The summed E-state index contributed by atoms with van der Waals surface area (Å²) in [6, 6.07) is 6.96. The van der Waals surface area contributed by atoms with Crippen LogP contribution >= 0.6 is 0 Å². The molecule has 1 unspecified atom stereocenters. The fourth-order valence-electron chi connectivity index (χ4n) is 3.52. The second-order valence-corrected chi connectivity index (χ2v) is 7.57. The van der Waals surface area contributed by atoms with E-state index in [0.717, 1.165) is 11.4 Å². The molecule has 0 aromatic heterocycles. The van der Waals surface area contributed by atoms with E-state index in [1.807, 2.05) is 6.92 Å². The molecule has 1 fully saturated rings. The molecule has 7 heteroatoms. The van der Waals surface area contributed by atoms with E-state index in [0.29, 0.717) is 30.4 Å². The quantitative estimate of drug-likeness (QED) is 0.511. The number of nitrogens with one attached hydrogen (secondary N) is 4. The van der Waals surface area contributed by atoms with Crippen molar-refractivity contribution in [3.63, 3.8) is 0 Å². The zero-order chi connectivity index (χ0) is 20.4. The first kappa shape index (κ1) is 21.9. The molecule has 1 aliphatic rings. The first-order chi connectivity index (χ1) is 13.5. The van der Waals surface area contributed by atoms with Gasteiger partial charge in [0.2, 0.25) is 5.91 Å². The minimum absolute atomic E-state index is 0.00915. The number of likely N-dealkylation sites (N-methyl/N-ethyl adjacent to an activating group) is 1. The van der Waals surface area contributed by atoms with Gasteiger partial charge in [0, 0.05) is 24.8 Å². The minimum Gasteiger partial charge on any atom is -0.351 e. The summed E-state index contributed by atoms with van der Waals surface area (Å²) in [5.41, 5.74) is 1.34. The molecule has 4 N–H and O–H groups in total. The summed E-state index contributed by atoms with van der Waals surface area (Å²) in [6.07, 6.45) is 6.24. The lowest BCUT2D eigenvalue weighted by atomic mass is 9.89. The van der Waals surface area contributed by atoms with E-state index in [-0.39, 0.29) is 24.3 Å². The van der Waals surface area contributed by atoms with Crippen molar-refractivity contribution in [2.45, 2.75) is 46.0 Å². The van der Waals surface area contributed by atoms with Gasteiger partial charge in [-0.1, -0.05) is 19.3 Å². The number of carbonyl (C=O) groups is 3. The highest BCUT2D eigenvalue weighted by atomic mass is 16.2. The molecule has 1 atom stereocenters. The van der Waals surface area contributed by atoms with Crippen molar-refractivity contribution in [1.82, 2.24) is 5.32 Å². The Kier molecular flexibility index (Phi) is 8.94. The van der Waals surface area contributed by atoms with Crippen molar-refractivity contribution in [1.29, 1.82) is 0 Å². The van der Waals surface area contributed by atoms with Gasteiger partial charge in [-0.2, -0.15) is 0 Å². The number of carbonyl (C=O) groups excluding carboxylic acids is 3. The molecule has 1 saturated carbocycles. The van der Waals surface area contributed by atoms with Crippen LogP contribution in [0.2, 0.25) is 0 Å². The summed E-state index contributed by atoms with van der Waals surface area (Å²) in [5.74, 6) is 0.339. The molecular weight excluding hydrogens is 356 g/mol. The molecule has 1 aromatic carbocycles. The average molecular weight is 390 g/mol. The topological polar surface area (TPSA) is 91.7 Å². The van der Waals surface area contributed by atoms with Gasteiger partial charge in [-0.05, 0) is 49.9 Å². The molecule has 0 aliphatic heterocycles. The van der Waals surface area contributed by atoms with E-state index in [1.165, 1.54) is 39.0 Å². The van der Waals surface area contributed by atoms with Crippen LogP contribution in [0.4, 0.5) is 11.4 Å². The third-order valence-electron chi connectivity index (χ3n) is 5.12. The number of rotatable bonds is 9. The molecule has 0 spiro atoms. The SMILES string of the molecule is CC[NH+](CC(=O)NCC1CCCCC1)CC(=O)Nc1ccc(NC(C)=O)cc1. The van der Waals surface area contributed by atoms with E-state index in [1.54, 1.807) is 24.3 Å². The molecule has 28 heavy (non-hydrogen) atoms. The van der Waals surface area contributed by atoms with Crippen molar-refractivity contribution in [2.75, 3.05) is 36.8 Å². The molecule has 0 radical (unpaired) electrons. The summed E-state index contributed by atoms with van der Waals surface area (Å²) >= 11 is 0. The molecule has 2 rings (SSSR count). The standard InChI is InChI=1S/C21H32N4O3/c1-3-25(14-20(27)22-13-17-7-5-4-6-8-17)15-21(28)24-19-11-9-18(10-12-19)23-16(2)26/h9-12,17H,3-8,13-15H2,1-2H3,(H,22,27)(H,23,26)(H,24,28)/p+1. The van der Waals surface area contributed by atoms with Gasteiger partial charge in [0.1, 0.15) is 0 Å². The minimum atomic E-state index is -0.138. The normalized spacial score (nSPS) is 15.5. The average Bonchev–Trinajstić information content (AvgIpc) is 2.67. The van der Waals surface area contributed by atoms with Crippen molar-refractivity contribution >= 4 is 29.1 Å². The van der Waals surface area contributed by atoms with E-state index in [2.05, 4.69) is 16.0 Å². The second-order valence-electron chi connectivity index (χ2n) is 7.57. The Hall–Kier alpha value is -2.41. The highest BCUT2D eigenvalue weighted by Gasteiger charge is 2.19. The molecule has 7 nitrogen and oxygen atoms in total. The van der Waals surface area contributed by atoms with Crippen molar-refractivity contribution in [2.24, 2.45) is 5.92 Å². The maximum atomic E-state index is 12.3. The molecule has 154 valence electrons. The predicted octanol–water partition coefficient (Wildman–Crippen LogP) is 1.18. The Balaban J connectivity index is 1.73. The number of hydrogen-bond acceptors (Lipinski definition) is 3. The van der Waals surface area contributed by atoms with Gasteiger partial charge >= 0.3 is 0 Å². The summed E-state index contributed by atoms with van der Waals surface area (Å²) in [4.78, 5) is 36.5. The molecule has 0 bridgehead atoms. The summed E-state index contributed by atoms with van der Waals surface area (Å²) in [5, 5.41) is 8.56. The van der Waals surface area contributed by atoms with Crippen LogP contribution in [-0.2, 0) is 14.4 Å². The lowest BCUT2D eigenvalue weighted by Crippen LogP contribution is -3.14. The molecular formula is C21H33N4O3+. The van der Waals surface area contributed by atoms with Crippen LogP contribution in [0.5, 0.6) is 0 Å². The number of amides is 3. The highest BCUT2D eigenvalue weighted by Crippen LogP contribution is 2.22. The van der Waals surface area contributed by atoms with E-state index < -0.39 is 0 Å². The van der Waals surface area contributed by atoms with E-state index in [9.17, 15) is 14.4 Å². The van der Waals surface area contributed by atoms with E-state index >= 15 is 0 Å². The molecule has 1 aliphatic carbocycles. The zero-order valence-electron chi connectivity index (χ0n) is 17.0. The highest BCUT2D eigenvalue weighted by molar-refractivity contribution is 5.92. The fraction of sp³-hybridized carbons (Fsp3) is 0.571. The Bertz CT molecular complexity index is 654. The first-order valence-corrected chi connectivity index (χ1v) is 10.2. The Labute approximate surface area is 167 Å². The van der Waals surface area contributed by atoms with Gasteiger partial charge < -0.3 is 20.9 Å². The van der Waals surface area contributed by atoms with Crippen LogP contribution < -0.4 is 20.9 Å². The third-order valence-corrected chi connectivity index (χ3v) is 5.12. The predicted molar refractivity (Wildman–Crippen MR) is 110 cm³/mol. The Morgan fingerprint density at radius 3 is 2.07 bits per heavy atom. The number of hydrogen-bond donors (Lipinski definition) is 4. The molecule has 0 saturated heterocycles. The van der Waals surface area contributed by atoms with E-state index in [4.69, 9.17) is 0 Å². The summed E-state index contributed by atoms with van der Waals surface area (Å²) in [6.45, 7) is 5.41. The molecule has 3 amide bonds. The van der Waals surface area contributed by atoms with Crippen LogP contribution in [-0.4, -0.2) is 43.9 Å². The van der Waals surface area contributed by atoms with Gasteiger partial charge in [0.05, 0.1) is 6.54 Å². The van der Waals surface area contributed by atoms with Crippen LogP contribution in [0.15, 0.2) is 24.3 Å². The zero-order valence-corrected chi connectivity index (χ0v) is 17.0. The van der Waals surface area contributed by atoms with Gasteiger partial charge in [0.15, 0.2) is 13.1 Å². The van der Waals surface area contributed by atoms with Crippen molar-refractivity contribution in [3.8, 4) is 0 Å². The molecule has 1 aromatic rings. The summed E-state index contributed by atoms with van der Waals surface area (Å²) < 4.78 is 0. The van der Waals surface area contributed by atoms with Gasteiger partial charge in [-0.25, -0.2) is 0 Å². The van der Waals surface area contributed by atoms with Gasteiger partial charge in [-0.15, -0.1) is 0 Å². The maximum absolute atomic E-state index is 12.3. The van der Waals surface area contributed by atoms with Crippen LogP contribution in [0.3, 0.4) is 0 Å². The second kappa shape index (κ2) is 11.4. The number of benzene rings is 1. The monoisotopic (exact) mass is 389 g/mol. The Morgan fingerprint density at radius 2 is 1.50 bits per heavy atom. The van der Waals surface area contributed by atoms with Crippen LogP contribution in [0, 0.1) is 5.92 Å². The van der Waals surface area contributed by atoms with Crippen LogP contribution in [0.1, 0.15) is 46.0 Å². The maximum Gasteiger partial charge on any atom is 0.279 e. The number of quaternary nitrogens is 1. The molecule has 0 heterocycles. The largest absolute Gasteiger partial charge is 0.351 e. The third kappa shape index (κ3) is 8.08. The van der Waals surface area contributed by atoms with Crippen molar-refractivity contribution < 1.29 is 19.3 Å². The van der Waals surface area contributed by atoms with Crippen LogP contribution in [0.25, 0.3) is 0 Å². The smallest absolute Gasteiger partial charge is 0.279 e. The van der Waals surface area contributed by atoms with Gasteiger partial charge in [0.25, 0.3) is 11.8 Å². The Morgan fingerprint density at radius 1 is 0.929 bits per heavy atom. The van der Waals surface area contributed by atoms with Gasteiger partial charge in [-0.3, -0.25) is 14.4 Å². The first-order valence-electron chi connectivity index (χ1n) is 10.2. The number of anilines is 2. The summed E-state index contributed by atoms with van der Waals surface area (Å²) in [7, 11) is 0. The van der Waals surface area contributed by atoms with Crippen molar-refractivity contribution in [3.05, 3.63) is 24.3 Å². The fourth-order valence-corrected chi connectivity index (χ4v) is 3.52. The lowest BCUT2D eigenvalue weighted by molar-refractivity contribution is -0.881. The lowest BCUT2D eigenvalue weighted by Gasteiger charge is -2.22.